The van der Waals surface area contributed by atoms with Crippen molar-refractivity contribution < 1.29 is 10.2 Å². The molecule has 0 unspecified atom stereocenters. The number of nitrogens with one attached hydrogen (secondary N) is 1. The second kappa shape index (κ2) is 11.2. The molecule has 1 aliphatic rings. The van der Waals surface area contributed by atoms with E-state index < -0.39 is 6.10 Å². The van der Waals surface area contributed by atoms with Gasteiger partial charge in [-0.2, -0.15) is 4.98 Å². The summed E-state index contributed by atoms with van der Waals surface area (Å²) in [6.45, 7) is 7.96. The van der Waals surface area contributed by atoms with Crippen LogP contribution in [0.3, 0.4) is 0 Å². The maximum Gasteiger partial charge on any atom is 0.278 e. The molecule has 5 heterocycles. The Morgan fingerprint density at radius 3 is 2.56 bits per heavy atom. The number of pyridine rings is 1. The SMILES string of the molecule is C=CCn1c(=O)c2cnc(Nc3ccc(N4CCN(C)CC4)cc3)nc2n1-c1ccc2ccn(C[C@@H](O)CO)c2n1. The monoisotopic (exact) mass is 555 g/mol. The maximum absolute atomic E-state index is 13.3. The zero-order valence-corrected chi connectivity index (χ0v) is 22.9. The molecule has 1 aliphatic heterocycles. The van der Waals surface area contributed by atoms with Crippen molar-refractivity contribution >= 4 is 39.4 Å². The fourth-order valence-electron chi connectivity index (χ4n) is 5.16. The lowest BCUT2D eigenvalue weighted by Crippen LogP contribution is -2.44. The number of rotatable bonds is 9. The summed E-state index contributed by atoms with van der Waals surface area (Å²) in [4.78, 5) is 32.0. The summed E-state index contributed by atoms with van der Waals surface area (Å²) in [5.74, 6) is 0.830. The predicted molar refractivity (Wildman–Crippen MR) is 159 cm³/mol. The Morgan fingerprint density at radius 1 is 1.05 bits per heavy atom. The van der Waals surface area contributed by atoms with Crippen LogP contribution in [-0.4, -0.2) is 89.9 Å². The van der Waals surface area contributed by atoms with E-state index in [9.17, 15) is 15.0 Å². The van der Waals surface area contributed by atoms with Gasteiger partial charge in [-0.3, -0.25) is 4.79 Å². The number of likely N-dealkylation sites (N-methyl/N-ethyl adjacent to an activating group) is 1. The lowest BCUT2D eigenvalue weighted by molar-refractivity contribution is 0.0821. The van der Waals surface area contributed by atoms with Crippen molar-refractivity contribution in [2.45, 2.75) is 19.2 Å². The van der Waals surface area contributed by atoms with Crippen molar-refractivity contribution in [1.29, 1.82) is 0 Å². The van der Waals surface area contributed by atoms with Gasteiger partial charge in [0.05, 0.1) is 25.8 Å². The first-order chi connectivity index (χ1) is 19.9. The molecule has 41 heavy (non-hydrogen) atoms. The molecule has 12 heteroatoms. The lowest BCUT2D eigenvalue weighted by Gasteiger charge is -2.34. The summed E-state index contributed by atoms with van der Waals surface area (Å²) in [6.07, 6.45) is 4.06. The second-order valence-corrected chi connectivity index (χ2v) is 10.3. The number of fused-ring (bicyclic) bond motifs is 2. The third-order valence-corrected chi connectivity index (χ3v) is 7.40. The number of anilines is 3. The van der Waals surface area contributed by atoms with Gasteiger partial charge in [0, 0.05) is 55.3 Å². The lowest BCUT2D eigenvalue weighted by atomic mass is 10.2. The van der Waals surface area contributed by atoms with Crippen LogP contribution >= 0.6 is 0 Å². The van der Waals surface area contributed by atoms with Crippen molar-refractivity contribution in [3.8, 4) is 5.82 Å². The van der Waals surface area contributed by atoms with Crippen LogP contribution in [0.1, 0.15) is 0 Å². The molecule has 1 saturated heterocycles. The molecule has 1 atom stereocenters. The van der Waals surface area contributed by atoms with Crippen molar-refractivity contribution in [2.24, 2.45) is 0 Å². The van der Waals surface area contributed by atoms with Crippen LogP contribution < -0.4 is 15.8 Å². The third-order valence-electron chi connectivity index (χ3n) is 7.40. The van der Waals surface area contributed by atoms with Gasteiger partial charge in [0.15, 0.2) is 11.5 Å². The Hall–Kier alpha value is -4.52. The standard InChI is InChI=1S/C29H33N9O3/c1-3-11-37-28(41)24-17-30-29(31-21-5-7-22(8-6-21)35-15-13-34(2)14-16-35)33-27(24)38(37)25-9-4-20-10-12-36(26(20)32-25)18-23(40)19-39/h3-10,12,17,23,39-40H,1,11,13-16,18-19H2,2H3,(H,30,31,33)/t23-/m1/s1. The van der Waals surface area contributed by atoms with E-state index in [1.807, 2.05) is 36.5 Å². The summed E-state index contributed by atoms with van der Waals surface area (Å²) in [7, 11) is 2.14. The van der Waals surface area contributed by atoms with Gasteiger partial charge in [0.1, 0.15) is 11.0 Å². The van der Waals surface area contributed by atoms with E-state index in [0.29, 0.717) is 28.4 Å². The fraction of sp³-hybridized carbons (Fsp3) is 0.310. The summed E-state index contributed by atoms with van der Waals surface area (Å²) < 4.78 is 4.96. The fourth-order valence-corrected chi connectivity index (χ4v) is 5.16. The average Bonchev–Trinajstić information content (AvgIpc) is 3.51. The minimum Gasteiger partial charge on any atom is -0.394 e. The molecule has 3 N–H and O–H groups in total. The molecule has 6 rings (SSSR count). The Bertz CT molecular complexity index is 1750. The maximum atomic E-state index is 13.3. The van der Waals surface area contributed by atoms with E-state index in [-0.39, 0.29) is 25.3 Å². The number of allylic oxidation sites excluding steroid dienone is 1. The Kier molecular flexibility index (Phi) is 7.26. The Morgan fingerprint density at radius 2 is 1.83 bits per heavy atom. The van der Waals surface area contributed by atoms with Crippen molar-refractivity contribution in [1.82, 2.24) is 33.8 Å². The largest absolute Gasteiger partial charge is 0.394 e. The molecular weight excluding hydrogens is 522 g/mol. The molecule has 12 nitrogen and oxygen atoms in total. The molecule has 0 amide bonds. The number of hydrogen-bond donors (Lipinski definition) is 3. The van der Waals surface area contributed by atoms with Crippen LogP contribution in [0.2, 0.25) is 0 Å². The van der Waals surface area contributed by atoms with Crippen LogP contribution in [0.15, 0.2) is 72.3 Å². The average molecular weight is 556 g/mol. The van der Waals surface area contributed by atoms with E-state index in [1.165, 1.54) is 16.6 Å². The van der Waals surface area contributed by atoms with Crippen LogP contribution in [0.5, 0.6) is 0 Å². The van der Waals surface area contributed by atoms with E-state index in [0.717, 1.165) is 37.3 Å². The minimum absolute atomic E-state index is 0.187. The number of nitrogens with zero attached hydrogens (tertiary/aromatic N) is 8. The van der Waals surface area contributed by atoms with Gasteiger partial charge in [-0.15, -0.1) is 6.58 Å². The molecule has 0 bridgehead atoms. The number of hydrogen-bond acceptors (Lipinski definition) is 9. The minimum atomic E-state index is -0.917. The number of benzene rings is 1. The van der Waals surface area contributed by atoms with Gasteiger partial charge >= 0.3 is 0 Å². The smallest absolute Gasteiger partial charge is 0.278 e. The molecule has 0 aliphatic carbocycles. The number of piperazine rings is 1. The molecule has 0 spiro atoms. The molecular formula is C29H33N9O3. The zero-order chi connectivity index (χ0) is 28.5. The summed E-state index contributed by atoms with van der Waals surface area (Å²) >= 11 is 0. The molecule has 5 aromatic rings. The van der Waals surface area contributed by atoms with Crippen molar-refractivity contribution in [2.75, 3.05) is 50.1 Å². The molecule has 4 aromatic heterocycles. The zero-order valence-electron chi connectivity index (χ0n) is 22.9. The van der Waals surface area contributed by atoms with Gasteiger partial charge in [0.25, 0.3) is 5.56 Å². The number of aromatic nitrogens is 6. The quantitative estimate of drug-likeness (QED) is 0.234. The van der Waals surface area contributed by atoms with Crippen LogP contribution in [0.4, 0.5) is 17.3 Å². The normalized spacial score (nSPS) is 15.0. The second-order valence-electron chi connectivity index (χ2n) is 10.3. The molecule has 1 aromatic carbocycles. The number of aliphatic hydroxyl groups is 2. The summed E-state index contributed by atoms with van der Waals surface area (Å²) in [5.41, 5.74) is 2.77. The summed E-state index contributed by atoms with van der Waals surface area (Å²) in [6, 6.07) is 13.8. The Labute approximate surface area is 236 Å². The van der Waals surface area contributed by atoms with Gasteiger partial charge in [-0.05, 0) is 49.5 Å². The first-order valence-corrected chi connectivity index (χ1v) is 13.6. The highest BCUT2D eigenvalue weighted by atomic mass is 16.3. The highest BCUT2D eigenvalue weighted by molar-refractivity contribution is 5.80. The third kappa shape index (κ3) is 5.20. The van der Waals surface area contributed by atoms with Crippen LogP contribution in [0.25, 0.3) is 27.9 Å². The topological polar surface area (TPSA) is 130 Å². The van der Waals surface area contributed by atoms with Crippen molar-refractivity contribution in [3.05, 3.63) is 77.9 Å². The van der Waals surface area contributed by atoms with E-state index >= 15 is 0 Å². The van der Waals surface area contributed by atoms with Gasteiger partial charge < -0.3 is 29.9 Å². The van der Waals surface area contributed by atoms with E-state index in [1.54, 1.807) is 15.3 Å². The van der Waals surface area contributed by atoms with Gasteiger partial charge in [-0.1, -0.05) is 6.08 Å². The number of aliphatic hydroxyl groups excluding tert-OH is 2. The first kappa shape index (κ1) is 26.7. The molecule has 0 radical (unpaired) electrons. The highest BCUT2D eigenvalue weighted by Gasteiger charge is 2.19. The predicted octanol–water partition coefficient (Wildman–Crippen LogP) is 1.97. The van der Waals surface area contributed by atoms with E-state index in [4.69, 9.17) is 9.97 Å². The van der Waals surface area contributed by atoms with E-state index in [2.05, 4.69) is 45.9 Å². The van der Waals surface area contributed by atoms with Gasteiger partial charge in [0.2, 0.25) is 5.95 Å². The van der Waals surface area contributed by atoms with Crippen LogP contribution in [0, 0.1) is 0 Å². The molecule has 0 saturated carbocycles. The van der Waals surface area contributed by atoms with Crippen LogP contribution in [-0.2, 0) is 13.1 Å². The Balaban J connectivity index is 1.36. The van der Waals surface area contributed by atoms with Crippen molar-refractivity contribution in [3.63, 3.8) is 0 Å². The molecule has 1 fully saturated rings. The molecule has 212 valence electrons. The summed E-state index contributed by atoms with van der Waals surface area (Å²) in [5, 5.41) is 23.8. The highest BCUT2D eigenvalue weighted by Crippen LogP contribution is 2.23. The first-order valence-electron chi connectivity index (χ1n) is 13.6. The van der Waals surface area contributed by atoms with Gasteiger partial charge in [-0.25, -0.2) is 19.3 Å².